The van der Waals surface area contributed by atoms with Crippen LogP contribution in [0.4, 0.5) is 0 Å². The average molecular weight is 200 g/mol. The van der Waals surface area contributed by atoms with E-state index in [1.54, 1.807) is 0 Å². The lowest BCUT2D eigenvalue weighted by Gasteiger charge is -1.90. The summed E-state index contributed by atoms with van der Waals surface area (Å²) in [6.45, 7) is 2.53. The molecule has 0 spiro atoms. The van der Waals surface area contributed by atoms with Gasteiger partial charge in [-0.1, -0.05) is 26.2 Å². The minimum atomic E-state index is -4.67. The molecule has 0 unspecified atom stereocenters. The Bertz CT molecular complexity index is 151. The van der Waals surface area contributed by atoms with E-state index < -0.39 is 10.4 Å². The molecule has 6 heteroatoms. The normalized spacial score (nSPS) is 10.3. The summed E-state index contributed by atoms with van der Waals surface area (Å²) in [5.41, 5.74) is 0. The van der Waals surface area contributed by atoms with Crippen molar-refractivity contribution >= 4 is 10.4 Å². The summed E-state index contributed by atoms with van der Waals surface area (Å²) in [4.78, 5) is 0. The molecule has 5 nitrogen and oxygen atoms in total. The largest absolute Gasteiger partial charge is 0.396 e. The molecule has 0 amide bonds. The molecule has 0 fully saturated rings. The Kier molecular flexibility index (Phi) is 10.7. The first-order valence-electron chi connectivity index (χ1n) is 3.72. The first-order chi connectivity index (χ1) is 5.41. The van der Waals surface area contributed by atoms with Crippen molar-refractivity contribution in [1.29, 1.82) is 0 Å². The van der Waals surface area contributed by atoms with Crippen molar-refractivity contribution in [3.05, 3.63) is 0 Å². The van der Waals surface area contributed by atoms with Gasteiger partial charge in [-0.25, -0.2) is 0 Å². The molecular formula is C6H16O5S. The van der Waals surface area contributed by atoms with Crippen LogP contribution in [0.2, 0.25) is 0 Å². The molecule has 0 saturated heterocycles. The number of hydrogen-bond acceptors (Lipinski definition) is 3. The molecule has 0 radical (unpaired) electrons. The Labute approximate surface area is 73.0 Å². The Balaban J connectivity index is 0. The van der Waals surface area contributed by atoms with Gasteiger partial charge in [0.25, 0.3) is 0 Å². The zero-order valence-electron chi connectivity index (χ0n) is 7.10. The highest BCUT2D eigenvalue weighted by Gasteiger charge is 1.84. The summed E-state index contributed by atoms with van der Waals surface area (Å²) >= 11 is 0. The topological polar surface area (TPSA) is 94.8 Å². The van der Waals surface area contributed by atoms with E-state index in [-0.39, 0.29) is 0 Å². The maximum atomic E-state index is 8.74. The van der Waals surface area contributed by atoms with Crippen LogP contribution in [0.5, 0.6) is 0 Å². The lowest BCUT2D eigenvalue weighted by atomic mass is 10.2. The Hall–Kier alpha value is -0.170. The van der Waals surface area contributed by atoms with Crippen LogP contribution < -0.4 is 0 Å². The van der Waals surface area contributed by atoms with E-state index in [4.69, 9.17) is 22.6 Å². The van der Waals surface area contributed by atoms with Crippen LogP contribution in [-0.4, -0.2) is 29.2 Å². The van der Waals surface area contributed by atoms with Crippen molar-refractivity contribution < 1.29 is 22.6 Å². The van der Waals surface area contributed by atoms with Gasteiger partial charge in [0.05, 0.1) is 0 Å². The number of aliphatic hydroxyl groups is 1. The van der Waals surface area contributed by atoms with Crippen LogP contribution in [0, 0.1) is 0 Å². The number of unbranched alkanes of at least 4 members (excludes halogenated alkanes) is 3. The van der Waals surface area contributed by atoms with Crippen molar-refractivity contribution in [2.75, 3.05) is 6.61 Å². The van der Waals surface area contributed by atoms with Gasteiger partial charge in [-0.15, -0.1) is 0 Å². The minimum Gasteiger partial charge on any atom is -0.396 e. The lowest BCUT2D eigenvalue weighted by molar-refractivity contribution is 0.283. The van der Waals surface area contributed by atoms with Gasteiger partial charge in [0.2, 0.25) is 0 Å². The van der Waals surface area contributed by atoms with E-state index in [1.807, 2.05) is 0 Å². The molecule has 0 aromatic rings. The molecule has 0 aliphatic rings. The van der Waals surface area contributed by atoms with Gasteiger partial charge in [-0.3, -0.25) is 9.11 Å². The highest BCUT2D eigenvalue weighted by molar-refractivity contribution is 7.79. The van der Waals surface area contributed by atoms with Crippen LogP contribution in [0.1, 0.15) is 32.6 Å². The zero-order valence-corrected chi connectivity index (χ0v) is 7.92. The Morgan fingerprint density at radius 3 is 1.75 bits per heavy atom. The van der Waals surface area contributed by atoms with Crippen LogP contribution in [0.15, 0.2) is 0 Å². The van der Waals surface area contributed by atoms with Gasteiger partial charge in [0.15, 0.2) is 0 Å². The van der Waals surface area contributed by atoms with E-state index in [2.05, 4.69) is 6.92 Å². The maximum absolute atomic E-state index is 8.74. The van der Waals surface area contributed by atoms with Crippen molar-refractivity contribution in [2.45, 2.75) is 32.6 Å². The van der Waals surface area contributed by atoms with E-state index in [0.29, 0.717) is 6.61 Å². The lowest BCUT2D eigenvalue weighted by Crippen LogP contribution is -1.89. The van der Waals surface area contributed by atoms with Crippen LogP contribution in [0.25, 0.3) is 0 Å². The molecule has 0 rings (SSSR count). The van der Waals surface area contributed by atoms with E-state index in [1.165, 1.54) is 19.3 Å². The van der Waals surface area contributed by atoms with Crippen molar-refractivity contribution in [3.8, 4) is 0 Å². The molecule has 0 aliphatic carbocycles. The molecule has 0 atom stereocenters. The maximum Gasteiger partial charge on any atom is 0.394 e. The fourth-order valence-corrected chi connectivity index (χ4v) is 0.539. The van der Waals surface area contributed by atoms with E-state index in [0.717, 1.165) is 6.42 Å². The summed E-state index contributed by atoms with van der Waals surface area (Å²) in [5, 5.41) is 8.29. The molecule has 0 aromatic heterocycles. The molecular weight excluding hydrogens is 184 g/mol. The molecule has 76 valence electrons. The van der Waals surface area contributed by atoms with Gasteiger partial charge >= 0.3 is 10.4 Å². The third kappa shape index (κ3) is 52.2. The molecule has 3 N–H and O–H groups in total. The number of hydrogen-bond donors (Lipinski definition) is 3. The molecule has 0 bridgehead atoms. The summed E-state index contributed by atoms with van der Waals surface area (Å²) in [6.07, 6.45) is 4.68. The van der Waals surface area contributed by atoms with Crippen molar-refractivity contribution in [3.63, 3.8) is 0 Å². The second-order valence-corrected chi connectivity index (χ2v) is 3.13. The second kappa shape index (κ2) is 8.92. The third-order valence-corrected chi connectivity index (χ3v) is 1.01. The van der Waals surface area contributed by atoms with Crippen LogP contribution in [0.3, 0.4) is 0 Å². The van der Waals surface area contributed by atoms with Gasteiger partial charge in [-0.2, -0.15) is 8.42 Å². The Morgan fingerprint density at radius 1 is 1.08 bits per heavy atom. The van der Waals surface area contributed by atoms with E-state index >= 15 is 0 Å². The van der Waals surface area contributed by atoms with Gasteiger partial charge in [0.1, 0.15) is 0 Å². The first-order valence-corrected chi connectivity index (χ1v) is 5.12. The summed E-state index contributed by atoms with van der Waals surface area (Å²) < 4.78 is 31.6. The average Bonchev–Trinajstić information content (AvgIpc) is 1.85. The first kappa shape index (κ1) is 14.4. The van der Waals surface area contributed by atoms with Crippen molar-refractivity contribution in [2.24, 2.45) is 0 Å². The van der Waals surface area contributed by atoms with Gasteiger partial charge < -0.3 is 5.11 Å². The van der Waals surface area contributed by atoms with Gasteiger partial charge in [-0.05, 0) is 6.42 Å². The van der Waals surface area contributed by atoms with Crippen molar-refractivity contribution in [1.82, 2.24) is 0 Å². The molecule has 0 heterocycles. The number of aliphatic hydroxyl groups excluding tert-OH is 1. The quantitative estimate of drug-likeness (QED) is 0.463. The Morgan fingerprint density at radius 2 is 1.50 bits per heavy atom. The highest BCUT2D eigenvalue weighted by atomic mass is 32.3. The van der Waals surface area contributed by atoms with E-state index in [9.17, 15) is 0 Å². The fourth-order valence-electron chi connectivity index (χ4n) is 0.539. The fraction of sp³-hybridized carbons (Fsp3) is 1.00. The molecule has 0 aliphatic heterocycles. The second-order valence-electron chi connectivity index (χ2n) is 2.23. The smallest absolute Gasteiger partial charge is 0.394 e. The predicted molar refractivity (Wildman–Crippen MR) is 45.4 cm³/mol. The molecule has 0 saturated carbocycles. The van der Waals surface area contributed by atoms with Crippen LogP contribution in [-0.2, 0) is 10.4 Å². The van der Waals surface area contributed by atoms with Gasteiger partial charge in [0, 0.05) is 6.61 Å². The monoisotopic (exact) mass is 200 g/mol. The molecule has 0 aromatic carbocycles. The predicted octanol–water partition coefficient (Wildman–Crippen LogP) is 0.906. The zero-order chi connectivity index (χ0) is 10.0. The summed E-state index contributed by atoms with van der Waals surface area (Å²) in [6, 6.07) is 0. The molecule has 12 heavy (non-hydrogen) atoms. The number of rotatable bonds is 4. The summed E-state index contributed by atoms with van der Waals surface area (Å²) in [5.74, 6) is 0. The summed E-state index contributed by atoms with van der Waals surface area (Å²) in [7, 11) is -4.67. The third-order valence-electron chi connectivity index (χ3n) is 1.01. The SMILES string of the molecule is CCCCCCO.O=S(=O)(O)O. The minimum absolute atomic E-state index is 0.361. The highest BCUT2D eigenvalue weighted by Crippen LogP contribution is 1.95. The van der Waals surface area contributed by atoms with Crippen LogP contribution >= 0.6 is 0 Å². The standard InChI is InChI=1S/C6H14O.H2O4S/c1-2-3-4-5-6-7;1-5(2,3)4/h7H,2-6H2,1H3;(H2,1,2,3,4).